The topological polar surface area (TPSA) is 80.9 Å². The number of rotatable bonds is 6. The van der Waals surface area contributed by atoms with Gasteiger partial charge in [-0.1, -0.05) is 121 Å². The van der Waals surface area contributed by atoms with Gasteiger partial charge in [-0.2, -0.15) is 0 Å². The Morgan fingerprint density at radius 3 is 0.886 bits per heavy atom. The van der Waals surface area contributed by atoms with Crippen molar-refractivity contribution in [2.45, 2.75) is 70.4 Å². The van der Waals surface area contributed by atoms with Crippen LogP contribution in [0, 0.1) is 23.7 Å². The molecule has 0 aromatic heterocycles. The third kappa shape index (κ3) is 7.80. The first-order valence-electron chi connectivity index (χ1n) is 15.6. The molecule has 0 aliphatic heterocycles. The van der Waals surface area contributed by atoms with Gasteiger partial charge in [0.15, 0.2) is 0 Å². The van der Waals surface area contributed by atoms with Gasteiger partial charge < -0.3 is 20.4 Å². The molecule has 4 aromatic rings. The van der Waals surface area contributed by atoms with E-state index >= 15 is 0 Å². The summed E-state index contributed by atoms with van der Waals surface area (Å²) in [4.78, 5) is 0. The third-order valence-electron chi connectivity index (χ3n) is 8.74. The molecule has 44 heavy (non-hydrogen) atoms. The van der Waals surface area contributed by atoms with Crippen LogP contribution in [0.4, 0.5) is 0 Å². The van der Waals surface area contributed by atoms with Crippen LogP contribution in [0.5, 0.6) is 0 Å². The Labute approximate surface area is 278 Å². The summed E-state index contributed by atoms with van der Waals surface area (Å²) in [6, 6.07) is 40.4. The van der Waals surface area contributed by atoms with E-state index in [1.54, 1.807) is 27.7 Å². The number of aliphatic hydroxyl groups is 4. The molecule has 5 heteroatoms. The Balaban J connectivity index is 0.000000528. The third-order valence-corrected chi connectivity index (χ3v) is 8.74. The van der Waals surface area contributed by atoms with Crippen molar-refractivity contribution in [2.24, 2.45) is 23.7 Å². The number of aliphatic hydroxyl groups excluding tert-OH is 2. The van der Waals surface area contributed by atoms with E-state index in [1.165, 1.54) is 0 Å². The van der Waals surface area contributed by atoms with Crippen LogP contribution in [-0.4, -0.2) is 32.6 Å². The molecule has 2 saturated carbocycles. The normalized spacial score (nSPS) is 20.7. The molecular weight excluding hydrogens is 580 g/mol. The summed E-state index contributed by atoms with van der Waals surface area (Å²) in [5, 5.41) is 41.9. The summed E-state index contributed by atoms with van der Waals surface area (Å²) in [5.74, 6) is 0.427. The molecule has 2 fully saturated rings. The SMILES string of the molecule is CC(C)O.CC(C)O.OC(c1ccccc1)(c1ccccc1)[C@@H]1[C@@H]2CC[C@@H](C2)[C@H]1C(O)(c1ccccc1)c1ccccc1.[Ti]. The van der Waals surface area contributed by atoms with E-state index < -0.39 is 11.2 Å². The first-order valence-corrected chi connectivity index (χ1v) is 15.6. The van der Waals surface area contributed by atoms with Gasteiger partial charge >= 0.3 is 0 Å². The molecule has 2 aliphatic rings. The Kier molecular flexibility index (Phi) is 13.2. The molecule has 0 spiro atoms. The van der Waals surface area contributed by atoms with Crippen molar-refractivity contribution in [1.29, 1.82) is 0 Å². The van der Waals surface area contributed by atoms with Gasteiger partial charge in [0.1, 0.15) is 11.2 Å². The Morgan fingerprint density at radius 1 is 0.477 bits per heavy atom. The Morgan fingerprint density at radius 2 is 0.682 bits per heavy atom. The summed E-state index contributed by atoms with van der Waals surface area (Å²) in [5.41, 5.74) is 1.19. The van der Waals surface area contributed by atoms with Crippen molar-refractivity contribution < 1.29 is 42.1 Å². The number of hydrogen-bond donors (Lipinski definition) is 4. The molecule has 4 N–H and O–H groups in total. The smallest absolute Gasteiger partial charge is 0.118 e. The molecule has 2 aliphatic carbocycles. The van der Waals surface area contributed by atoms with E-state index in [0.29, 0.717) is 11.8 Å². The maximum atomic E-state index is 12.9. The summed E-state index contributed by atoms with van der Waals surface area (Å²) >= 11 is 0. The van der Waals surface area contributed by atoms with Crippen LogP contribution >= 0.6 is 0 Å². The Hall–Kier alpha value is -2.57. The molecule has 0 unspecified atom stereocenters. The van der Waals surface area contributed by atoms with Crippen molar-refractivity contribution in [2.75, 3.05) is 0 Å². The first-order chi connectivity index (χ1) is 20.6. The molecule has 4 nitrogen and oxygen atoms in total. The summed E-state index contributed by atoms with van der Waals surface area (Å²) in [6.07, 6.45) is 2.89. The summed E-state index contributed by atoms with van der Waals surface area (Å²) < 4.78 is 0. The van der Waals surface area contributed by atoms with E-state index in [1.807, 2.05) is 121 Å². The van der Waals surface area contributed by atoms with Gasteiger partial charge in [0.05, 0.1) is 0 Å². The van der Waals surface area contributed by atoms with Crippen molar-refractivity contribution in [3.05, 3.63) is 144 Å². The summed E-state index contributed by atoms with van der Waals surface area (Å²) in [7, 11) is 0. The van der Waals surface area contributed by atoms with Gasteiger partial charge in [-0.15, -0.1) is 0 Å². The second kappa shape index (κ2) is 16.1. The van der Waals surface area contributed by atoms with Gasteiger partial charge in [-0.05, 0) is 81.0 Å². The zero-order valence-corrected chi connectivity index (χ0v) is 28.0. The van der Waals surface area contributed by atoms with Crippen molar-refractivity contribution >= 4 is 0 Å². The van der Waals surface area contributed by atoms with E-state index in [9.17, 15) is 10.2 Å². The molecule has 0 radical (unpaired) electrons. The van der Waals surface area contributed by atoms with Crippen molar-refractivity contribution in [3.8, 4) is 0 Å². The van der Waals surface area contributed by atoms with E-state index in [4.69, 9.17) is 10.2 Å². The van der Waals surface area contributed by atoms with Crippen LogP contribution < -0.4 is 0 Å². The minimum atomic E-state index is -1.20. The van der Waals surface area contributed by atoms with Gasteiger partial charge in [-0.3, -0.25) is 0 Å². The fourth-order valence-electron chi connectivity index (χ4n) is 7.37. The molecule has 6 rings (SSSR count). The molecule has 0 amide bonds. The fraction of sp³-hybridized carbons (Fsp3) is 0.385. The second-order valence-electron chi connectivity index (χ2n) is 12.6. The van der Waals surface area contributed by atoms with Gasteiger partial charge in [0.2, 0.25) is 0 Å². The predicted molar refractivity (Wildman–Crippen MR) is 174 cm³/mol. The molecular formula is C39H48O4Ti. The van der Waals surface area contributed by atoms with E-state index in [-0.39, 0.29) is 45.8 Å². The first kappa shape index (κ1) is 35.9. The van der Waals surface area contributed by atoms with Crippen LogP contribution in [0.3, 0.4) is 0 Å². The van der Waals surface area contributed by atoms with Crippen molar-refractivity contribution in [1.82, 2.24) is 0 Å². The van der Waals surface area contributed by atoms with Crippen LogP contribution in [-0.2, 0) is 32.9 Å². The number of fused-ring (bicyclic) bond motifs is 2. The standard InChI is InChI=1S/C33H32O2.2C3H8O.Ti/c34-32(26-13-5-1-6-14-26,27-15-7-2-8-16-27)30-24-21-22-25(23-24)31(30)33(35,28-17-9-3-10-18-28)29-19-11-4-12-20-29;2*1-3(2)4;/h1-20,24-25,30-31,34-35H,21-23H2;2*3-4H,1-2H3;/t24-,25+,30-,31-;;;/m1.../s1. The van der Waals surface area contributed by atoms with E-state index in [2.05, 4.69) is 0 Å². The van der Waals surface area contributed by atoms with Gasteiger partial charge in [-0.25, -0.2) is 0 Å². The van der Waals surface area contributed by atoms with Gasteiger partial charge in [0.25, 0.3) is 0 Å². The second-order valence-corrected chi connectivity index (χ2v) is 12.6. The average Bonchev–Trinajstić information content (AvgIpc) is 3.64. The minimum Gasteiger partial charge on any atom is -0.394 e. The van der Waals surface area contributed by atoms with Crippen LogP contribution in [0.1, 0.15) is 69.2 Å². The predicted octanol–water partition coefficient (Wildman–Crippen LogP) is 7.29. The number of benzene rings is 4. The molecule has 0 heterocycles. The van der Waals surface area contributed by atoms with Crippen LogP contribution in [0.2, 0.25) is 0 Å². The number of hydrogen-bond acceptors (Lipinski definition) is 4. The maximum Gasteiger partial charge on any atom is 0.118 e. The van der Waals surface area contributed by atoms with Gasteiger partial charge in [0, 0.05) is 45.8 Å². The zero-order valence-electron chi connectivity index (χ0n) is 26.4. The molecule has 232 valence electrons. The quantitative estimate of drug-likeness (QED) is 0.169. The summed E-state index contributed by atoms with van der Waals surface area (Å²) in [6.45, 7) is 6.89. The van der Waals surface area contributed by atoms with Crippen LogP contribution in [0.15, 0.2) is 121 Å². The molecule has 2 bridgehead atoms. The van der Waals surface area contributed by atoms with Crippen molar-refractivity contribution in [3.63, 3.8) is 0 Å². The molecule has 0 saturated heterocycles. The molecule has 4 atom stereocenters. The fourth-order valence-corrected chi connectivity index (χ4v) is 7.37. The molecule has 4 aromatic carbocycles. The minimum absolute atomic E-state index is 0. The van der Waals surface area contributed by atoms with Crippen LogP contribution in [0.25, 0.3) is 0 Å². The maximum absolute atomic E-state index is 12.9. The monoisotopic (exact) mass is 628 g/mol. The average molecular weight is 629 g/mol. The van der Waals surface area contributed by atoms with E-state index in [0.717, 1.165) is 41.5 Å². The zero-order chi connectivity index (χ0) is 31.0. The Bertz CT molecular complexity index is 1170. The largest absolute Gasteiger partial charge is 0.394 e.